The van der Waals surface area contributed by atoms with E-state index in [0.29, 0.717) is 23.0 Å². The van der Waals surface area contributed by atoms with Crippen molar-refractivity contribution in [1.29, 1.82) is 0 Å². The van der Waals surface area contributed by atoms with Gasteiger partial charge in [-0.3, -0.25) is 10.1 Å². The molecule has 1 aliphatic rings. The van der Waals surface area contributed by atoms with Gasteiger partial charge in [0.05, 0.1) is 12.4 Å². The van der Waals surface area contributed by atoms with Gasteiger partial charge < -0.3 is 18.6 Å². The molecule has 3 rings (SSSR count). The number of aromatic nitrogens is 2. The van der Waals surface area contributed by atoms with Crippen molar-refractivity contribution in [3.63, 3.8) is 0 Å². The van der Waals surface area contributed by atoms with Gasteiger partial charge in [-0.25, -0.2) is 4.79 Å². The van der Waals surface area contributed by atoms with Crippen molar-refractivity contribution in [2.75, 3.05) is 19.2 Å². The van der Waals surface area contributed by atoms with Gasteiger partial charge in [-0.1, -0.05) is 11.8 Å². The quantitative estimate of drug-likeness (QED) is 0.806. The Bertz CT molecular complexity index is 763. The molecule has 2 aromatic rings. The van der Waals surface area contributed by atoms with Crippen LogP contribution in [0.15, 0.2) is 27.8 Å². The van der Waals surface area contributed by atoms with Gasteiger partial charge in [0.2, 0.25) is 18.6 Å². The summed E-state index contributed by atoms with van der Waals surface area (Å²) in [6.45, 7) is 2.02. The van der Waals surface area contributed by atoms with E-state index in [9.17, 15) is 9.59 Å². The molecule has 1 aliphatic heterocycles. The molecule has 0 unspecified atom stereocenters. The highest BCUT2D eigenvalue weighted by molar-refractivity contribution is 7.99. The normalized spacial score (nSPS) is 12.0. The number of nitrogens with zero attached hydrogens (tertiary/aromatic N) is 2. The fourth-order valence-electron chi connectivity index (χ4n) is 1.86. The van der Waals surface area contributed by atoms with E-state index in [1.807, 2.05) is 0 Å². The summed E-state index contributed by atoms with van der Waals surface area (Å²) in [6, 6.07) is 5.25. The first-order valence-electron chi connectivity index (χ1n) is 6.98. The Balaban J connectivity index is 1.58. The van der Waals surface area contributed by atoms with Gasteiger partial charge in [0.15, 0.2) is 11.5 Å². The number of nitrogens with one attached hydrogen (secondary N) is 1. The standard InChI is InChI=1S/C14H13N3O6S/c1-2-20-13(19)15-11(18)6-24-14-17-16-12(23-14)8-3-4-9-10(5-8)22-7-21-9/h3-5H,2,6-7H2,1H3,(H,15,18,19). The predicted octanol–water partition coefficient (Wildman–Crippen LogP) is 1.83. The minimum Gasteiger partial charge on any atom is -0.454 e. The van der Waals surface area contributed by atoms with Crippen molar-refractivity contribution < 1.29 is 28.2 Å². The number of ether oxygens (including phenoxy) is 3. The number of fused-ring (bicyclic) bond motifs is 1. The number of hydrogen-bond acceptors (Lipinski definition) is 9. The SMILES string of the molecule is CCOC(=O)NC(=O)CSc1nnc(-c2ccc3c(c2)OCO3)o1. The molecule has 2 amide bonds. The fraction of sp³-hybridized carbons (Fsp3) is 0.286. The Morgan fingerprint density at radius 1 is 1.29 bits per heavy atom. The van der Waals surface area contributed by atoms with Gasteiger partial charge in [0.25, 0.3) is 5.22 Å². The number of carbonyl (C=O) groups is 2. The molecule has 0 atom stereocenters. The third-order valence-corrected chi connectivity index (χ3v) is 3.69. The van der Waals surface area contributed by atoms with Crippen LogP contribution < -0.4 is 14.8 Å². The van der Waals surface area contributed by atoms with E-state index in [-0.39, 0.29) is 24.4 Å². The average Bonchev–Trinajstić information content (AvgIpc) is 3.21. The third kappa shape index (κ3) is 3.77. The fourth-order valence-corrected chi connectivity index (χ4v) is 2.42. The van der Waals surface area contributed by atoms with Crippen LogP contribution in [0.5, 0.6) is 11.5 Å². The molecule has 126 valence electrons. The van der Waals surface area contributed by atoms with Crippen LogP contribution in [0.3, 0.4) is 0 Å². The summed E-state index contributed by atoms with van der Waals surface area (Å²) in [5.41, 5.74) is 0.676. The number of imide groups is 1. The van der Waals surface area contributed by atoms with Gasteiger partial charge in [-0.15, -0.1) is 10.2 Å². The minimum atomic E-state index is -0.783. The van der Waals surface area contributed by atoms with E-state index in [1.165, 1.54) is 0 Å². The van der Waals surface area contributed by atoms with Crippen molar-refractivity contribution in [2.45, 2.75) is 12.1 Å². The summed E-state index contributed by atoms with van der Waals surface area (Å²) in [5, 5.41) is 10.1. The summed E-state index contributed by atoms with van der Waals surface area (Å²) in [6.07, 6.45) is -0.783. The highest BCUT2D eigenvalue weighted by Gasteiger charge is 2.17. The lowest BCUT2D eigenvalue weighted by atomic mass is 10.2. The molecule has 2 heterocycles. The van der Waals surface area contributed by atoms with Gasteiger partial charge in [0, 0.05) is 5.56 Å². The lowest BCUT2D eigenvalue weighted by molar-refractivity contribution is -0.117. The highest BCUT2D eigenvalue weighted by atomic mass is 32.2. The Labute approximate surface area is 140 Å². The number of rotatable bonds is 5. The van der Waals surface area contributed by atoms with Gasteiger partial charge >= 0.3 is 6.09 Å². The van der Waals surface area contributed by atoms with Crippen LogP contribution in [0.25, 0.3) is 11.5 Å². The summed E-state index contributed by atoms with van der Waals surface area (Å²) < 4.78 is 20.6. The van der Waals surface area contributed by atoms with Crippen molar-refractivity contribution in [3.05, 3.63) is 18.2 Å². The van der Waals surface area contributed by atoms with Crippen LogP contribution in [0, 0.1) is 0 Å². The largest absolute Gasteiger partial charge is 0.454 e. The summed E-state index contributed by atoms with van der Waals surface area (Å²) in [7, 11) is 0. The minimum absolute atomic E-state index is 0.0540. The van der Waals surface area contributed by atoms with Gasteiger partial charge in [-0.2, -0.15) is 0 Å². The number of amides is 2. The first-order valence-corrected chi connectivity index (χ1v) is 7.97. The second-order valence-electron chi connectivity index (χ2n) is 4.50. The lowest BCUT2D eigenvalue weighted by Gasteiger charge is -2.02. The summed E-state index contributed by atoms with van der Waals surface area (Å²) in [5.74, 6) is 0.988. The van der Waals surface area contributed by atoms with E-state index < -0.39 is 12.0 Å². The molecule has 10 heteroatoms. The monoisotopic (exact) mass is 351 g/mol. The van der Waals surface area contributed by atoms with Crippen molar-refractivity contribution in [1.82, 2.24) is 15.5 Å². The highest BCUT2D eigenvalue weighted by Crippen LogP contribution is 2.35. The number of thioether (sulfide) groups is 1. The zero-order valence-corrected chi connectivity index (χ0v) is 13.4. The Morgan fingerprint density at radius 2 is 2.12 bits per heavy atom. The summed E-state index contributed by atoms with van der Waals surface area (Å²) in [4.78, 5) is 22.7. The van der Waals surface area contributed by atoms with Crippen LogP contribution in [-0.2, 0) is 9.53 Å². The molecule has 24 heavy (non-hydrogen) atoms. The number of benzene rings is 1. The van der Waals surface area contributed by atoms with Crippen molar-refractivity contribution >= 4 is 23.8 Å². The van der Waals surface area contributed by atoms with E-state index in [2.05, 4.69) is 20.3 Å². The van der Waals surface area contributed by atoms with E-state index >= 15 is 0 Å². The zero-order valence-electron chi connectivity index (χ0n) is 12.6. The van der Waals surface area contributed by atoms with Crippen molar-refractivity contribution in [3.8, 4) is 23.0 Å². The maximum absolute atomic E-state index is 11.6. The Hall–Kier alpha value is -2.75. The maximum Gasteiger partial charge on any atom is 0.413 e. The van der Waals surface area contributed by atoms with E-state index in [0.717, 1.165) is 11.8 Å². The first-order chi connectivity index (χ1) is 11.7. The van der Waals surface area contributed by atoms with Crippen LogP contribution in [0.4, 0.5) is 4.79 Å². The zero-order chi connectivity index (χ0) is 16.9. The van der Waals surface area contributed by atoms with Gasteiger partial charge in [-0.05, 0) is 25.1 Å². The molecule has 1 aromatic heterocycles. The molecule has 1 N–H and O–H groups in total. The predicted molar refractivity (Wildman–Crippen MR) is 81.7 cm³/mol. The van der Waals surface area contributed by atoms with Crippen molar-refractivity contribution in [2.24, 2.45) is 0 Å². The summed E-state index contributed by atoms with van der Waals surface area (Å²) >= 11 is 1.01. The smallest absolute Gasteiger partial charge is 0.413 e. The number of carbonyl (C=O) groups excluding carboxylic acids is 2. The molecule has 0 fully saturated rings. The molecule has 0 bridgehead atoms. The maximum atomic E-state index is 11.6. The molecule has 0 saturated carbocycles. The molecule has 0 radical (unpaired) electrons. The van der Waals surface area contributed by atoms with Crippen LogP contribution in [-0.4, -0.2) is 41.4 Å². The molecular weight excluding hydrogens is 338 g/mol. The molecule has 0 saturated heterocycles. The Morgan fingerprint density at radius 3 is 2.96 bits per heavy atom. The van der Waals surface area contributed by atoms with Crippen LogP contribution >= 0.6 is 11.8 Å². The Kier molecular flexibility index (Phi) is 4.85. The first kappa shape index (κ1) is 16.1. The number of hydrogen-bond donors (Lipinski definition) is 1. The molecule has 0 aliphatic carbocycles. The topological polar surface area (TPSA) is 113 Å². The molecule has 0 spiro atoms. The molecule has 1 aromatic carbocycles. The third-order valence-electron chi connectivity index (χ3n) is 2.87. The molecular formula is C14H13N3O6S. The van der Waals surface area contributed by atoms with E-state index in [4.69, 9.17) is 13.9 Å². The lowest BCUT2D eigenvalue weighted by Crippen LogP contribution is -2.32. The molecule has 9 nitrogen and oxygen atoms in total. The van der Waals surface area contributed by atoms with Crippen LogP contribution in [0.2, 0.25) is 0 Å². The van der Waals surface area contributed by atoms with E-state index in [1.54, 1.807) is 25.1 Å². The van der Waals surface area contributed by atoms with Crippen LogP contribution in [0.1, 0.15) is 6.92 Å². The average molecular weight is 351 g/mol. The second kappa shape index (κ2) is 7.21. The van der Waals surface area contributed by atoms with Gasteiger partial charge in [0.1, 0.15) is 0 Å². The second-order valence-corrected chi connectivity index (χ2v) is 5.43. The number of alkyl carbamates (subject to hydrolysis) is 1.